The first-order valence-corrected chi connectivity index (χ1v) is 11.7. The molecule has 2 bridgehead atoms. The molecule has 0 N–H and O–H groups in total. The van der Waals surface area contributed by atoms with E-state index in [4.69, 9.17) is 18.9 Å². The molecule has 0 unspecified atom stereocenters. The Morgan fingerprint density at radius 3 is 2.39 bits per heavy atom. The fraction of sp³-hybridized carbons (Fsp3) is 0.875. The van der Waals surface area contributed by atoms with E-state index in [-0.39, 0.29) is 11.3 Å². The Bertz CT molecular complexity index is 821. The van der Waals surface area contributed by atoms with Crippen LogP contribution in [0.15, 0.2) is 0 Å². The van der Waals surface area contributed by atoms with Crippen molar-refractivity contribution >= 4 is 17.9 Å². The van der Waals surface area contributed by atoms with Gasteiger partial charge in [-0.2, -0.15) is 0 Å². The van der Waals surface area contributed by atoms with Crippen LogP contribution in [0.2, 0.25) is 0 Å². The zero-order valence-corrected chi connectivity index (χ0v) is 19.1. The zero-order chi connectivity index (χ0) is 22.3. The van der Waals surface area contributed by atoms with Crippen molar-refractivity contribution in [2.24, 2.45) is 39.9 Å². The van der Waals surface area contributed by atoms with Crippen LogP contribution in [-0.2, 0) is 33.3 Å². The van der Waals surface area contributed by atoms with Crippen LogP contribution in [0, 0.1) is 39.9 Å². The van der Waals surface area contributed by atoms with Gasteiger partial charge in [-0.15, -0.1) is 0 Å². The fourth-order valence-electron chi connectivity index (χ4n) is 8.33. The van der Waals surface area contributed by atoms with E-state index in [0.717, 1.165) is 12.8 Å². The summed E-state index contributed by atoms with van der Waals surface area (Å²) in [7, 11) is 0. The lowest BCUT2D eigenvalue weighted by atomic mass is 9.50. The van der Waals surface area contributed by atoms with Crippen LogP contribution in [0.1, 0.15) is 73.1 Å². The summed E-state index contributed by atoms with van der Waals surface area (Å²) < 4.78 is 22.5. The third-order valence-corrected chi connectivity index (χ3v) is 9.43. The van der Waals surface area contributed by atoms with Crippen molar-refractivity contribution in [3.8, 4) is 0 Å². The van der Waals surface area contributed by atoms with Crippen molar-refractivity contribution in [3.63, 3.8) is 0 Å². The van der Waals surface area contributed by atoms with Crippen molar-refractivity contribution < 1.29 is 33.3 Å². The van der Waals surface area contributed by atoms with Crippen LogP contribution >= 0.6 is 0 Å². The van der Waals surface area contributed by atoms with Gasteiger partial charge in [-0.25, -0.2) is 4.79 Å². The Kier molecular flexibility index (Phi) is 4.58. The molecule has 3 saturated carbocycles. The van der Waals surface area contributed by atoms with Crippen LogP contribution in [0.4, 0.5) is 0 Å². The Labute approximate surface area is 183 Å². The number of esters is 3. The first-order valence-electron chi connectivity index (χ1n) is 11.7. The molecule has 0 aromatic rings. The highest BCUT2D eigenvalue weighted by Gasteiger charge is 2.75. The molecule has 2 aliphatic heterocycles. The second kappa shape index (κ2) is 6.69. The highest BCUT2D eigenvalue weighted by atomic mass is 16.8. The topological polar surface area (TPSA) is 88.1 Å². The summed E-state index contributed by atoms with van der Waals surface area (Å²) in [6.45, 7) is 9.71. The molecular weight excluding hydrogens is 400 g/mol. The predicted molar refractivity (Wildman–Crippen MR) is 108 cm³/mol. The molecule has 31 heavy (non-hydrogen) atoms. The van der Waals surface area contributed by atoms with Gasteiger partial charge in [0.15, 0.2) is 0 Å². The lowest BCUT2D eigenvalue weighted by Crippen LogP contribution is -2.55. The second-order valence-electron chi connectivity index (χ2n) is 11.5. The number of hydrogen-bond acceptors (Lipinski definition) is 7. The summed E-state index contributed by atoms with van der Waals surface area (Å²) in [5.41, 5.74) is 0.570. The third-order valence-electron chi connectivity index (χ3n) is 9.43. The number of ether oxygens (including phenoxy) is 4. The van der Waals surface area contributed by atoms with Gasteiger partial charge in [-0.1, -0.05) is 27.2 Å². The van der Waals surface area contributed by atoms with E-state index in [9.17, 15) is 14.4 Å². The molecule has 7 nitrogen and oxygen atoms in total. The molecule has 2 saturated heterocycles. The Morgan fingerprint density at radius 1 is 1.00 bits per heavy atom. The first kappa shape index (κ1) is 21.2. The van der Waals surface area contributed by atoms with Gasteiger partial charge in [-0.3, -0.25) is 9.59 Å². The largest absolute Gasteiger partial charge is 0.450 e. The molecule has 5 aliphatic rings. The van der Waals surface area contributed by atoms with E-state index in [1.54, 1.807) is 0 Å². The lowest BCUT2D eigenvalue weighted by Gasteiger charge is -2.54. The highest BCUT2D eigenvalue weighted by molar-refractivity contribution is 5.80. The van der Waals surface area contributed by atoms with Gasteiger partial charge in [0.05, 0.1) is 5.92 Å². The zero-order valence-electron chi connectivity index (χ0n) is 19.1. The molecule has 5 fully saturated rings. The van der Waals surface area contributed by atoms with Crippen molar-refractivity contribution in [2.75, 3.05) is 0 Å². The summed E-state index contributed by atoms with van der Waals surface area (Å²) in [4.78, 5) is 36.2. The van der Waals surface area contributed by atoms with Gasteiger partial charge in [0.25, 0.3) is 0 Å². The van der Waals surface area contributed by atoms with E-state index in [2.05, 4.69) is 20.8 Å². The Hall–Kier alpha value is -1.63. The molecule has 9 atom stereocenters. The molecule has 2 heterocycles. The molecule has 1 spiro atoms. The van der Waals surface area contributed by atoms with Crippen molar-refractivity contribution in [1.82, 2.24) is 0 Å². The average Bonchev–Trinajstić information content (AvgIpc) is 3.30. The first-order chi connectivity index (χ1) is 14.5. The van der Waals surface area contributed by atoms with Gasteiger partial charge in [-0.05, 0) is 60.2 Å². The minimum Gasteiger partial charge on any atom is -0.450 e. The number of carbonyl (C=O) groups is 3. The third kappa shape index (κ3) is 2.98. The normalized spacial score (nSPS) is 49.3. The number of rotatable bonds is 3. The van der Waals surface area contributed by atoms with E-state index in [1.165, 1.54) is 39.5 Å². The summed E-state index contributed by atoms with van der Waals surface area (Å²) in [5, 5.41) is 0. The van der Waals surface area contributed by atoms with Gasteiger partial charge in [0.2, 0.25) is 18.7 Å². The van der Waals surface area contributed by atoms with E-state index in [1.807, 2.05) is 0 Å². The van der Waals surface area contributed by atoms with E-state index >= 15 is 0 Å². The van der Waals surface area contributed by atoms with Gasteiger partial charge >= 0.3 is 17.9 Å². The quantitative estimate of drug-likeness (QED) is 0.495. The van der Waals surface area contributed by atoms with E-state index in [0.29, 0.717) is 22.7 Å². The average molecular weight is 435 g/mol. The van der Waals surface area contributed by atoms with Crippen LogP contribution in [0.25, 0.3) is 0 Å². The smallest absolute Gasteiger partial charge is 0.350 e. The molecule has 0 radical (unpaired) electrons. The molecule has 5 rings (SSSR count). The van der Waals surface area contributed by atoms with Crippen molar-refractivity contribution in [2.45, 2.75) is 91.8 Å². The number of hydrogen-bond donors (Lipinski definition) is 0. The molecule has 0 aromatic carbocycles. The monoisotopic (exact) mass is 434 g/mol. The molecule has 7 heteroatoms. The summed E-state index contributed by atoms with van der Waals surface area (Å²) in [6.07, 6.45) is 4.29. The van der Waals surface area contributed by atoms with Crippen LogP contribution in [0.5, 0.6) is 0 Å². The van der Waals surface area contributed by atoms with E-state index < -0.39 is 42.5 Å². The Morgan fingerprint density at radius 2 is 1.71 bits per heavy atom. The van der Waals surface area contributed by atoms with Crippen LogP contribution in [-0.4, -0.2) is 36.6 Å². The van der Waals surface area contributed by atoms with Crippen LogP contribution < -0.4 is 0 Å². The number of fused-ring (bicyclic) bond motifs is 2. The highest BCUT2D eigenvalue weighted by Crippen LogP contribution is 2.79. The summed E-state index contributed by atoms with van der Waals surface area (Å²) in [5.74, 6) is -1.15. The maximum atomic E-state index is 12.6. The minimum absolute atomic E-state index is 0.132. The SMILES string of the molecule is CC(=O)O[C@@H]1O[C@H]2OC(=O)[C@@H](OC(C)=O)[C@@H]1[C@@H]2[C@]1(C)CC[C@H]2C(C)(C)CCC[C@@]23C[C@@H]13. The minimum atomic E-state index is -1.11. The van der Waals surface area contributed by atoms with Crippen LogP contribution in [0.3, 0.4) is 0 Å². The summed E-state index contributed by atoms with van der Waals surface area (Å²) in [6, 6.07) is 0. The molecule has 3 aliphatic carbocycles. The molecule has 0 amide bonds. The molecule has 172 valence electrons. The standard InChI is InChI=1S/C24H34O7/c1-12(25)28-18-16-17(21(30-19(18)27)31-20(16)29-13(2)26)23(5)10-7-14-22(3,4)8-6-9-24(14)11-15(23)24/h14-18,20-21H,6-11H2,1-5H3/t14-,15-,16-,17-,18-,20+,21+,23+,24+/m0/s1. The number of carbonyl (C=O) groups excluding carboxylic acids is 3. The molecule has 0 aromatic heterocycles. The van der Waals surface area contributed by atoms with Gasteiger partial charge in [0, 0.05) is 19.8 Å². The fourth-order valence-corrected chi connectivity index (χ4v) is 8.33. The maximum absolute atomic E-state index is 12.6. The predicted octanol–water partition coefficient (Wildman–Crippen LogP) is 3.59. The molecular formula is C24H34O7. The Balaban J connectivity index is 1.50. The second-order valence-corrected chi connectivity index (χ2v) is 11.5. The van der Waals surface area contributed by atoms with Crippen molar-refractivity contribution in [3.05, 3.63) is 0 Å². The maximum Gasteiger partial charge on any atom is 0.350 e. The lowest BCUT2D eigenvalue weighted by molar-refractivity contribution is -0.221. The van der Waals surface area contributed by atoms with Gasteiger partial charge in [0.1, 0.15) is 0 Å². The van der Waals surface area contributed by atoms with Gasteiger partial charge < -0.3 is 18.9 Å². The summed E-state index contributed by atoms with van der Waals surface area (Å²) >= 11 is 0. The van der Waals surface area contributed by atoms with Crippen molar-refractivity contribution in [1.29, 1.82) is 0 Å².